The molecule has 2 rings (SSSR count). The van der Waals surface area contributed by atoms with E-state index in [0.29, 0.717) is 14.6 Å². The minimum atomic E-state index is -0.715. The number of hydrogen-bond donors (Lipinski definition) is 2. The van der Waals surface area contributed by atoms with Gasteiger partial charge in [0.15, 0.2) is 22.2 Å². The molecule has 19 heavy (non-hydrogen) atoms. The summed E-state index contributed by atoms with van der Waals surface area (Å²) in [5.74, 6) is -1.66. The number of ether oxygens (including phenoxy) is 1. The number of thiophene rings is 2. The Hall–Kier alpha value is -1.86. The molecule has 100 valence electrons. The lowest BCUT2D eigenvalue weighted by molar-refractivity contribution is 0.0602. The van der Waals surface area contributed by atoms with Gasteiger partial charge in [0.1, 0.15) is 0 Å². The van der Waals surface area contributed by atoms with E-state index in [4.69, 9.17) is 0 Å². The van der Waals surface area contributed by atoms with E-state index < -0.39 is 11.7 Å². The van der Waals surface area contributed by atoms with Crippen molar-refractivity contribution < 1.29 is 24.5 Å². The van der Waals surface area contributed by atoms with Crippen molar-refractivity contribution in [1.82, 2.24) is 0 Å². The fourth-order valence-electron chi connectivity index (χ4n) is 1.46. The minimum absolute atomic E-state index is 0.0622. The number of rotatable bonds is 3. The summed E-state index contributed by atoms with van der Waals surface area (Å²) in [4.78, 5) is 24.1. The molecule has 2 heterocycles. The van der Waals surface area contributed by atoms with Gasteiger partial charge in [0.2, 0.25) is 0 Å². The molecule has 2 N–H and O–H groups in total. The summed E-state index contributed by atoms with van der Waals surface area (Å²) < 4.78 is 4.51. The fourth-order valence-corrected chi connectivity index (χ4v) is 3.48. The number of hydrogen-bond acceptors (Lipinski definition) is 7. The van der Waals surface area contributed by atoms with Crippen LogP contribution in [-0.4, -0.2) is 29.1 Å². The topological polar surface area (TPSA) is 83.8 Å². The molecule has 0 atom stereocenters. The third-order valence-electron chi connectivity index (χ3n) is 2.41. The zero-order valence-electron chi connectivity index (χ0n) is 10.1. The molecule has 0 saturated carbocycles. The highest BCUT2D eigenvalue weighted by Gasteiger charge is 2.24. The Kier molecular flexibility index (Phi) is 3.59. The Labute approximate surface area is 116 Å². The van der Waals surface area contributed by atoms with Crippen LogP contribution in [0.5, 0.6) is 11.5 Å². The first kappa shape index (κ1) is 13.6. The first-order valence-electron chi connectivity index (χ1n) is 5.20. The maximum Gasteiger partial charge on any atom is 0.352 e. The number of carbonyl (C=O) groups is 2. The first-order valence-corrected chi connectivity index (χ1v) is 6.83. The Bertz CT molecular complexity index is 653. The number of ketones is 1. The highest BCUT2D eigenvalue weighted by Crippen LogP contribution is 2.48. The Morgan fingerprint density at radius 2 is 1.84 bits per heavy atom. The molecule has 0 saturated heterocycles. The van der Waals surface area contributed by atoms with E-state index in [1.807, 2.05) is 0 Å². The van der Waals surface area contributed by atoms with Crippen LogP contribution in [0, 0.1) is 0 Å². The normalized spacial score (nSPS) is 10.4. The van der Waals surface area contributed by atoms with Crippen LogP contribution in [0.3, 0.4) is 0 Å². The highest BCUT2D eigenvalue weighted by molar-refractivity contribution is 7.24. The predicted molar refractivity (Wildman–Crippen MR) is 72.3 cm³/mol. The van der Waals surface area contributed by atoms with Crippen molar-refractivity contribution >= 4 is 34.4 Å². The van der Waals surface area contributed by atoms with Gasteiger partial charge in [0.25, 0.3) is 0 Å². The maximum atomic E-state index is 11.4. The molecule has 0 aliphatic carbocycles. The largest absolute Gasteiger partial charge is 0.503 e. The minimum Gasteiger partial charge on any atom is -0.503 e. The average molecular weight is 298 g/mol. The molecular weight excluding hydrogens is 288 g/mol. The van der Waals surface area contributed by atoms with Crippen LogP contribution in [0.2, 0.25) is 0 Å². The summed E-state index contributed by atoms with van der Waals surface area (Å²) in [6.07, 6.45) is 0. The number of methoxy groups -OCH3 is 1. The van der Waals surface area contributed by atoms with Gasteiger partial charge in [-0.25, -0.2) is 4.79 Å². The molecule has 2 aromatic rings. The van der Waals surface area contributed by atoms with E-state index in [9.17, 15) is 19.8 Å². The molecule has 0 aromatic carbocycles. The van der Waals surface area contributed by atoms with Crippen molar-refractivity contribution in [2.75, 3.05) is 7.11 Å². The summed E-state index contributed by atoms with van der Waals surface area (Å²) >= 11 is 2.11. The average Bonchev–Trinajstić information content (AvgIpc) is 2.96. The molecule has 0 fully saturated rings. The lowest BCUT2D eigenvalue weighted by Gasteiger charge is -1.94. The van der Waals surface area contributed by atoms with Crippen LogP contribution >= 0.6 is 22.7 Å². The van der Waals surface area contributed by atoms with E-state index in [1.165, 1.54) is 25.4 Å². The molecule has 0 spiro atoms. The summed E-state index contributed by atoms with van der Waals surface area (Å²) in [5.41, 5.74) is 0. The van der Waals surface area contributed by atoms with Crippen molar-refractivity contribution in [3.63, 3.8) is 0 Å². The van der Waals surface area contributed by atoms with E-state index in [2.05, 4.69) is 4.74 Å². The molecule has 0 amide bonds. The van der Waals surface area contributed by atoms with Crippen LogP contribution in [0.25, 0.3) is 9.75 Å². The van der Waals surface area contributed by atoms with Crippen molar-refractivity contribution in [3.05, 3.63) is 21.9 Å². The summed E-state index contributed by atoms with van der Waals surface area (Å²) in [6, 6.07) is 3.30. The first-order chi connectivity index (χ1) is 8.95. The van der Waals surface area contributed by atoms with Gasteiger partial charge in [-0.1, -0.05) is 0 Å². The zero-order chi connectivity index (χ0) is 14.2. The van der Waals surface area contributed by atoms with Gasteiger partial charge in [-0.15, -0.1) is 22.7 Å². The van der Waals surface area contributed by atoms with Crippen molar-refractivity contribution in [3.8, 4) is 21.3 Å². The SMILES string of the molecule is COC(=O)c1sc(-c2ccc(C(C)=O)s2)c(O)c1O. The van der Waals surface area contributed by atoms with E-state index >= 15 is 0 Å². The molecule has 5 nitrogen and oxygen atoms in total. The van der Waals surface area contributed by atoms with Gasteiger partial charge in [0.05, 0.1) is 16.9 Å². The third-order valence-corrected chi connectivity index (χ3v) is 4.92. The molecule has 0 bridgehead atoms. The van der Waals surface area contributed by atoms with Gasteiger partial charge in [-0.05, 0) is 19.1 Å². The summed E-state index contributed by atoms with van der Waals surface area (Å²) in [5, 5.41) is 19.5. The van der Waals surface area contributed by atoms with Crippen LogP contribution in [0.1, 0.15) is 26.3 Å². The molecule has 0 aliphatic heterocycles. The number of aromatic hydroxyl groups is 2. The van der Waals surface area contributed by atoms with E-state index in [-0.39, 0.29) is 16.4 Å². The van der Waals surface area contributed by atoms with E-state index in [0.717, 1.165) is 11.3 Å². The fraction of sp³-hybridized carbons (Fsp3) is 0.167. The Balaban J connectivity index is 2.50. The monoisotopic (exact) mass is 298 g/mol. The molecule has 0 aliphatic rings. The maximum absolute atomic E-state index is 11.4. The van der Waals surface area contributed by atoms with Gasteiger partial charge in [-0.3, -0.25) is 4.79 Å². The lowest BCUT2D eigenvalue weighted by atomic mass is 10.3. The molecule has 2 aromatic heterocycles. The summed E-state index contributed by atoms with van der Waals surface area (Å²) in [7, 11) is 1.19. The second kappa shape index (κ2) is 5.02. The van der Waals surface area contributed by atoms with Crippen LogP contribution < -0.4 is 0 Å². The van der Waals surface area contributed by atoms with Gasteiger partial charge < -0.3 is 14.9 Å². The van der Waals surface area contributed by atoms with Gasteiger partial charge in [0, 0.05) is 4.88 Å². The summed E-state index contributed by atoms with van der Waals surface area (Å²) in [6.45, 7) is 1.45. The van der Waals surface area contributed by atoms with Crippen LogP contribution in [0.4, 0.5) is 0 Å². The van der Waals surface area contributed by atoms with Gasteiger partial charge in [-0.2, -0.15) is 0 Å². The van der Waals surface area contributed by atoms with Crippen molar-refractivity contribution in [2.24, 2.45) is 0 Å². The second-order valence-corrected chi connectivity index (χ2v) is 5.77. The smallest absolute Gasteiger partial charge is 0.352 e. The molecule has 0 unspecified atom stereocenters. The van der Waals surface area contributed by atoms with E-state index in [1.54, 1.807) is 12.1 Å². The zero-order valence-corrected chi connectivity index (χ0v) is 11.7. The number of carbonyl (C=O) groups excluding carboxylic acids is 2. The molecule has 7 heteroatoms. The molecule has 0 radical (unpaired) electrons. The standard InChI is InChI=1S/C12H10O5S2/c1-5(13)6-3-4-7(18-6)10-8(14)9(15)11(19-10)12(16)17-2/h3-4,14-15H,1-2H3. The quantitative estimate of drug-likeness (QED) is 0.672. The van der Waals surface area contributed by atoms with Crippen molar-refractivity contribution in [1.29, 1.82) is 0 Å². The number of esters is 1. The Morgan fingerprint density at radius 3 is 2.37 bits per heavy atom. The second-order valence-electron chi connectivity index (χ2n) is 3.67. The highest BCUT2D eigenvalue weighted by atomic mass is 32.1. The third kappa shape index (κ3) is 2.34. The van der Waals surface area contributed by atoms with Crippen molar-refractivity contribution in [2.45, 2.75) is 6.92 Å². The predicted octanol–water partition coefficient (Wildman–Crippen LogP) is 2.88. The van der Waals surface area contributed by atoms with Crippen LogP contribution in [-0.2, 0) is 4.74 Å². The van der Waals surface area contributed by atoms with Crippen LogP contribution in [0.15, 0.2) is 12.1 Å². The lowest BCUT2D eigenvalue weighted by Crippen LogP contribution is -1.97. The Morgan fingerprint density at radius 1 is 1.16 bits per heavy atom. The van der Waals surface area contributed by atoms with Gasteiger partial charge >= 0.3 is 5.97 Å². The number of Topliss-reactive ketones (excluding diaryl/α,β-unsaturated/α-hetero) is 1. The molecular formula is C12H10O5S2.